The summed E-state index contributed by atoms with van der Waals surface area (Å²) in [6, 6.07) is 17.4. The Labute approximate surface area is 221 Å². The van der Waals surface area contributed by atoms with E-state index in [9.17, 15) is 23.6 Å². The van der Waals surface area contributed by atoms with Crippen molar-refractivity contribution in [2.24, 2.45) is 17.6 Å². The Kier molecular flexibility index (Phi) is 9.67. The van der Waals surface area contributed by atoms with Gasteiger partial charge in [-0.1, -0.05) is 75.4 Å². The van der Waals surface area contributed by atoms with Crippen molar-refractivity contribution in [3.8, 4) is 0 Å². The van der Waals surface area contributed by atoms with Gasteiger partial charge in [0.2, 0.25) is 11.8 Å². The van der Waals surface area contributed by atoms with E-state index in [1.165, 1.54) is 18.2 Å². The van der Waals surface area contributed by atoms with E-state index in [1.807, 2.05) is 42.5 Å². The van der Waals surface area contributed by atoms with Crippen molar-refractivity contribution in [3.63, 3.8) is 0 Å². The summed E-state index contributed by atoms with van der Waals surface area (Å²) in [5.74, 6) is -4.16. The molecule has 3 unspecified atom stereocenters. The number of nitrogens with one attached hydrogen (secondary N) is 2. The van der Waals surface area contributed by atoms with Gasteiger partial charge in [-0.25, -0.2) is 14.6 Å². The van der Waals surface area contributed by atoms with E-state index in [-0.39, 0.29) is 12.8 Å². The highest BCUT2D eigenvalue weighted by molar-refractivity contribution is 6.11. The molecule has 38 heavy (non-hydrogen) atoms. The molecule has 0 aliphatic carbocycles. The van der Waals surface area contributed by atoms with Crippen molar-refractivity contribution in [2.75, 3.05) is 0 Å². The van der Waals surface area contributed by atoms with Crippen LogP contribution < -0.4 is 16.6 Å². The number of nitrogens with two attached hydrogens (primary N) is 1. The molecule has 0 bridgehead atoms. The van der Waals surface area contributed by atoms with Crippen molar-refractivity contribution in [1.29, 1.82) is 0 Å². The first-order valence-electron chi connectivity index (χ1n) is 12.6. The van der Waals surface area contributed by atoms with Crippen LogP contribution in [0.5, 0.6) is 0 Å². The molecule has 3 aromatic carbocycles. The maximum absolute atomic E-state index is 13.7. The summed E-state index contributed by atoms with van der Waals surface area (Å²) in [7, 11) is 0. The Bertz CT molecular complexity index is 1330. The first-order chi connectivity index (χ1) is 18.1. The Hall–Kier alpha value is -4.11. The zero-order valence-electron chi connectivity index (χ0n) is 21.7. The molecule has 0 radical (unpaired) electrons. The number of nitrogens with zero attached hydrogens (tertiary/aromatic N) is 1. The first kappa shape index (κ1) is 28.5. The molecule has 0 saturated heterocycles. The fourth-order valence-electron chi connectivity index (χ4n) is 4.11. The number of halogens is 1. The molecule has 8 nitrogen and oxygen atoms in total. The fraction of sp³-hybridized carbons (Fsp3) is 0.310. The third-order valence-corrected chi connectivity index (χ3v) is 6.34. The molecule has 0 aromatic heterocycles. The summed E-state index contributed by atoms with van der Waals surface area (Å²) >= 11 is 0. The molecule has 200 valence electrons. The second-order valence-electron chi connectivity index (χ2n) is 9.47. The van der Waals surface area contributed by atoms with Crippen LogP contribution in [0.1, 0.15) is 38.3 Å². The van der Waals surface area contributed by atoms with Gasteiger partial charge in [-0.05, 0) is 53.3 Å². The zero-order valence-corrected chi connectivity index (χ0v) is 21.7. The molecule has 5 amide bonds. The number of urea groups is 1. The van der Waals surface area contributed by atoms with Crippen LogP contribution in [-0.2, 0) is 27.2 Å². The van der Waals surface area contributed by atoms with Crippen LogP contribution in [0.25, 0.3) is 10.8 Å². The highest BCUT2D eigenvalue weighted by atomic mass is 19.1. The van der Waals surface area contributed by atoms with Crippen molar-refractivity contribution in [3.05, 3.63) is 83.7 Å². The third kappa shape index (κ3) is 7.23. The van der Waals surface area contributed by atoms with Crippen LogP contribution in [0, 0.1) is 17.7 Å². The molecule has 3 atom stereocenters. The van der Waals surface area contributed by atoms with Crippen molar-refractivity contribution >= 4 is 34.5 Å². The predicted octanol–water partition coefficient (Wildman–Crippen LogP) is 3.87. The number of hydrazine groups is 1. The van der Waals surface area contributed by atoms with E-state index in [0.717, 1.165) is 16.3 Å². The van der Waals surface area contributed by atoms with Crippen LogP contribution in [0.3, 0.4) is 0 Å². The first-order valence-corrected chi connectivity index (χ1v) is 12.6. The topological polar surface area (TPSA) is 122 Å². The number of carbonyl (C=O) groups excluding carboxylic acids is 4. The summed E-state index contributed by atoms with van der Waals surface area (Å²) in [5, 5.41) is 2.06. The number of carbonyl (C=O) groups is 4. The van der Waals surface area contributed by atoms with E-state index in [2.05, 4.69) is 10.9 Å². The van der Waals surface area contributed by atoms with E-state index in [1.54, 1.807) is 26.8 Å². The molecule has 3 rings (SSSR count). The summed E-state index contributed by atoms with van der Waals surface area (Å²) in [6.07, 6.45) is 0.725. The second kappa shape index (κ2) is 12.9. The number of amides is 5. The van der Waals surface area contributed by atoms with Gasteiger partial charge >= 0.3 is 6.03 Å². The van der Waals surface area contributed by atoms with Gasteiger partial charge in [0.25, 0.3) is 5.91 Å². The van der Waals surface area contributed by atoms with Crippen LogP contribution in [0.15, 0.2) is 66.7 Å². The largest absolute Gasteiger partial charge is 0.349 e. The van der Waals surface area contributed by atoms with Gasteiger partial charge in [-0.2, -0.15) is 4.90 Å². The fourth-order valence-corrected chi connectivity index (χ4v) is 4.11. The predicted molar refractivity (Wildman–Crippen MR) is 143 cm³/mol. The van der Waals surface area contributed by atoms with Crippen LogP contribution >= 0.6 is 0 Å². The SMILES string of the molecule is CCC(N)C(=O)NNC(=O)N(C(=O)C(C)Cc1cccc(F)c1)C(=O)C(C)Cc1ccc2ccccc2c1. The minimum atomic E-state index is -1.09. The van der Waals surface area contributed by atoms with Crippen LogP contribution in [0.4, 0.5) is 9.18 Å². The van der Waals surface area contributed by atoms with Gasteiger partial charge in [-0.15, -0.1) is 0 Å². The van der Waals surface area contributed by atoms with E-state index in [0.29, 0.717) is 16.9 Å². The minimum Gasteiger partial charge on any atom is -0.320 e. The standard InChI is InChI=1S/C29H33FN4O4/c1-4-25(31)26(35)32-33-29(38)34(27(36)18(2)14-20-8-7-11-24(30)17-20)28(37)19(3)15-21-12-13-22-9-5-6-10-23(22)16-21/h5-13,16-19,25H,4,14-15,31H2,1-3H3,(H,32,35)(H,33,38). The molecule has 3 aromatic rings. The average molecular weight is 521 g/mol. The quantitative estimate of drug-likeness (QED) is 0.389. The lowest BCUT2D eigenvalue weighted by molar-refractivity contribution is -0.145. The van der Waals surface area contributed by atoms with Gasteiger partial charge in [0.05, 0.1) is 6.04 Å². The molecule has 0 saturated carbocycles. The summed E-state index contributed by atoms with van der Waals surface area (Å²) in [6.45, 7) is 4.89. The van der Waals surface area contributed by atoms with Crippen LogP contribution in [0.2, 0.25) is 0 Å². The van der Waals surface area contributed by atoms with Gasteiger partial charge in [0.15, 0.2) is 0 Å². The normalized spacial score (nSPS) is 13.3. The lowest BCUT2D eigenvalue weighted by Crippen LogP contribution is -2.57. The minimum absolute atomic E-state index is 0.111. The molecular formula is C29H33FN4O4. The van der Waals surface area contributed by atoms with E-state index < -0.39 is 47.4 Å². The summed E-state index contributed by atoms with van der Waals surface area (Å²) in [4.78, 5) is 52.5. The summed E-state index contributed by atoms with van der Waals surface area (Å²) in [5.41, 5.74) is 11.4. The van der Waals surface area contributed by atoms with E-state index >= 15 is 0 Å². The molecule has 0 fully saturated rings. The van der Waals surface area contributed by atoms with Gasteiger partial charge < -0.3 is 5.73 Å². The smallest absolute Gasteiger partial charge is 0.320 e. The van der Waals surface area contributed by atoms with Gasteiger partial charge in [0, 0.05) is 11.8 Å². The monoisotopic (exact) mass is 520 g/mol. The average Bonchev–Trinajstić information content (AvgIpc) is 2.91. The van der Waals surface area contributed by atoms with Crippen LogP contribution in [-0.4, -0.2) is 34.7 Å². The van der Waals surface area contributed by atoms with Crippen molar-refractivity contribution in [2.45, 2.75) is 46.1 Å². The molecule has 0 spiro atoms. The number of benzene rings is 3. The molecule has 9 heteroatoms. The summed E-state index contributed by atoms with van der Waals surface area (Å²) < 4.78 is 13.7. The Morgan fingerprint density at radius 3 is 2.03 bits per heavy atom. The molecule has 0 aliphatic heterocycles. The Morgan fingerprint density at radius 2 is 1.42 bits per heavy atom. The highest BCUT2D eigenvalue weighted by Gasteiger charge is 2.35. The van der Waals surface area contributed by atoms with Gasteiger partial charge in [0.1, 0.15) is 5.82 Å². The third-order valence-electron chi connectivity index (χ3n) is 6.34. The Morgan fingerprint density at radius 1 is 0.816 bits per heavy atom. The number of fused-ring (bicyclic) bond motifs is 1. The van der Waals surface area contributed by atoms with Gasteiger partial charge in [-0.3, -0.25) is 19.8 Å². The number of hydrogen-bond donors (Lipinski definition) is 3. The highest BCUT2D eigenvalue weighted by Crippen LogP contribution is 2.20. The van der Waals surface area contributed by atoms with E-state index in [4.69, 9.17) is 5.73 Å². The molecule has 4 N–H and O–H groups in total. The second-order valence-corrected chi connectivity index (χ2v) is 9.47. The number of rotatable bonds is 8. The number of imide groups is 3. The van der Waals surface area contributed by atoms with Crippen molar-refractivity contribution < 1.29 is 23.6 Å². The van der Waals surface area contributed by atoms with Crippen molar-refractivity contribution in [1.82, 2.24) is 15.8 Å². The zero-order chi connectivity index (χ0) is 27.8. The lowest BCUT2D eigenvalue weighted by atomic mass is 9.96. The molecule has 0 heterocycles. The maximum Gasteiger partial charge on any atom is 0.349 e. The number of hydrogen-bond acceptors (Lipinski definition) is 5. The lowest BCUT2D eigenvalue weighted by Gasteiger charge is -2.26. The molecular weight excluding hydrogens is 487 g/mol. The maximum atomic E-state index is 13.7. The Balaban J connectivity index is 1.81. The molecule has 0 aliphatic rings.